The van der Waals surface area contributed by atoms with Gasteiger partial charge >= 0.3 is 11.9 Å². The lowest BCUT2D eigenvalue weighted by molar-refractivity contribution is -0.156. The van der Waals surface area contributed by atoms with Gasteiger partial charge in [0.2, 0.25) is 0 Å². The van der Waals surface area contributed by atoms with E-state index in [1.165, 1.54) is 25.7 Å². The van der Waals surface area contributed by atoms with Crippen molar-refractivity contribution < 1.29 is 19.4 Å². The van der Waals surface area contributed by atoms with Crippen LogP contribution >= 0.6 is 0 Å². The van der Waals surface area contributed by atoms with Crippen molar-refractivity contribution >= 4 is 11.9 Å². The molecule has 0 amide bonds. The maximum Gasteiger partial charge on any atom is 0.313 e. The predicted molar refractivity (Wildman–Crippen MR) is 77.3 cm³/mol. The molecule has 0 aliphatic heterocycles. The van der Waals surface area contributed by atoms with Gasteiger partial charge in [0.15, 0.2) is 0 Å². The van der Waals surface area contributed by atoms with Gasteiger partial charge in [0.1, 0.15) is 0 Å². The molecule has 2 atom stereocenters. The fraction of sp³-hybridized carbons (Fsp3) is 0.750. The number of carboxylic acids is 1. The van der Waals surface area contributed by atoms with E-state index in [4.69, 9.17) is 9.84 Å². The predicted octanol–water partition coefficient (Wildman–Crippen LogP) is 3.56. The van der Waals surface area contributed by atoms with E-state index >= 15 is 0 Å². The number of carbonyl (C=O) groups is 2. The van der Waals surface area contributed by atoms with Crippen molar-refractivity contribution in [3.8, 4) is 0 Å². The quantitative estimate of drug-likeness (QED) is 0.399. The molecular weight excluding hydrogens is 256 g/mol. The van der Waals surface area contributed by atoms with Gasteiger partial charge in [-0.25, -0.2) is 0 Å². The normalized spacial score (nSPS) is 21.6. The van der Waals surface area contributed by atoms with E-state index < -0.39 is 17.8 Å². The summed E-state index contributed by atoms with van der Waals surface area (Å²) in [5.74, 6) is -2.53. The van der Waals surface area contributed by atoms with Crippen LogP contribution in [0.2, 0.25) is 0 Å². The third kappa shape index (κ3) is 5.76. The number of ether oxygens (including phenoxy) is 1. The minimum absolute atomic E-state index is 0.387. The zero-order chi connectivity index (χ0) is 14.8. The van der Waals surface area contributed by atoms with E-state index in [0.29, 0.717) is 13.0 Å². The number of carboxylic acid groups (broad SMARTS) is 1. The van der Waals surface area contributed by atoms with Gasteiger partial charge in [0.25, 0.3) is 0 Å². The lowest BCUT2D eigenvalue weighted by Gasteiger charge is -2.22. The Hall–Kier alpha value is -1.32. The Morgan fingerprint density at radius 2 is 1.90 bits per heavy atom. The van der Waals surface area contributed by atoms with Crippen LogP contribution in [0.5, 0.6) is 0 Å². The lowest BCUT2D eigenvalue weighted by atomic mass is 9.84. The standard InChI is InChI=1S/C16H26O4/c1-2-3-4-5-6-9-12-20-16(19)14-11-8-7-10-13(14)15(17)18/h8,11,13-14H,2-7,9-10,12H2,1H3,(H,17,18). The molecule has 4 heteroatoms. The maximum atomic E-state index is 11.9. The second-order valence-electron chi connectivity index (χ2n) is 5.41. The van der Waals surface area contributed by atoms with Crippen molar-refractivity contribution in [2.24, 2.45) is 11.8 Å². The van der Waals surface area contributed by atoms with Crippen LogP contribution in [0.25, 0.3) is 0 Å². The third-order valence-electron chi connectivity index (χ3n) is 3.75. The van der Waals surface area contributed by atoms with Gasteiger partial charge in [-0.15, -0.1) is 0 Å². The smallest absolute Gasteiger partial charge is 0.313 e. The Labute approximate surface area is 121 Å². The highest BCUT2D eigenvalue weighted by Gasteiger charge is 2.34. The molecule has 1 rings (SSSR count). The van der Waals surface area contributed by atoms with Gasteiger partial charge in [-0.3, -0.25) is 9.59 Å². The molecule has 1 aliphatic carbocycles. The fourth-order valence-corrected chi connectivity index (χ4v) is 2.50. The zero-order valence-electron chi connectivity index (χ0n) is 12.3. The highest BCUT2D eigenvalue weighted by atomic mass is 16.5. The maximum absolute atomic E-state index is 11.9. The minimum atomic E-state index is -0.907. The van der Waals surface area contributed by atoms with E-state index in [2.05, 4.69) is 6.92 Å². The molecule has 1 aliphatic rings. The molecule has 0 aromatic carbocycles. The fourth-order valence-electron chi connectivity index (χ4n) is 2.50. The van der Waals surface area contributed by atoms with Gasteiger partial charge in [-0.1, -0.05) is 51.2 Å². The van der Waals surface area contributed by atoms with Crippen molar-refractivity contribution in [1.82, 2.24) is 0 Å². The highest BCUT2D eigenvalue weighted by molar-refractivity contribution is 5.83. The molecule has 20 heavy (non-hydrogen) atoms. The monoisotopic (exact) mass is 282 g/mol. The van der Waals surface area contributed by atoms with Crippen LogP contribution in [-0.2, 0) is 14.3 Å². The van der Waals surface area contributed by atoms with E-state index in [9.17, 15) is 9.59 Å². The molecule has 0 aromatic rings. The molecule has 2 unspecified atom stereocenters. The summed E-state index contributed by atoms with van der Waals surface area (Å²) in [7, 11) is 0. The number of unbranched alkanes of at least 4 members (excludes halogenated alkanes) is 5. The number of allylic oxidation sites excluding steroid dienone is 1. The Balaban J connectivity index is 2.22. The second-order valence-corrected chi connectivity index (χ2v) is 5.41. The number of aliphatic carboxylic acids is 1. The molecule has 0 saturated heterocycles. The van der Waals surface area contributed by atoms with E-state index in [-0.39, 0.29) is 5.97 Å². The molecule has 0 spiro atoms. The number of hydrogen-bond donors (Lipinski definition) is 1. The van der Waals surface area contributed by atoms with Crippen molar-refractivity contribution in [3.63, 3.8) is 0 Å². The Morgan fingerprint density at radius 1 is 1.20 bits per heavy atom. The first-order valence-corrected chi connectivity index (χ1v) is 7.73. The molecule has 4 nitrogen and oxygen atoms in total. The van der Waals surface area contributed by atoms with Crippen LogP contribution in [0.4, 0.5) is 0 Å². The average Bonchev–Trinajstić information content (AvgIpc) is 2.46. The number of rotatable bonds is 9. The molecule has 1 N–H and O–H groups in total. The van der Waals surface area contributed by atoms with Crippen LogP contribution in [0.15, 0.2) is 12.2 Å². The first-order valence-electron chi connectivity index (χ1n) is 7.73. The summed E-state index contributed by atoms with van der Waals surface area (Å²) in [6, 6.07) is 0. The van der Waals surface area contributed by atoms with Crippen molar-refractivity contribution in [3.05, 3.63) is 12.2 Å². The molecule has 0 bridgehead atoms. The molecular formula is C16H26O4. The van der Waals surface area contributed by atoms with Gasteiger partial charge in [0, 0.05) is 0 Å². The van der Waals surface area contributed by atoms with Gasteiger partial charge in [-0.05, 0) is 19.3 Å². The molecule has 0 saturated carbocycles. The third-order valence-corrected chi connectivity index (χ3v) is 3.75. The Morgan fingerprint density at radius 3 is 2.60 bits per heavy atom. The molecule has 0 aromatic heterocycles. The summed E-state index contributed by atoms with van der Waals surface area (Å²) < 4.78 is 5.21. The van der Waals surface area contributed by atoms with Crippen molar-refractivity contribution in [2.45, 2.75) is 58.3 Å². The first kappa shape index (κ1) is 16.7. The number of esters is 1. The summed E-state index contributed by atoms with van der Waals surface area (Å²) in [6.07, 6.45) is 11.6. The molecule has 0 radical (unpaired) electrons. The first-order chi connectivity index (χ1) is 9.66. The van der Waals surface area contributed by atoms with E-state index in [1.807, 2.05) is 6.08 Å². The summed E-state index contributed by atoms with van der Waals surface area (Å²) in [6.45, 7) is 2.58. The zero-order valence-corrected chi connectivity index (χ0v) is 12.3. The van der Waals surface area contributed by atoms with Gasteiger partial charge in [-0.2, -0.15) is 0 Å². The van der Waals surface area contributed by atoms with Crippen LogP contribution in [0.3, 0.4) is 0 Å². The van der Waals surface area contributed by atoms with Crippen LogP contribution in [0.1, 0.15) is 58.3 Å². The van der Waals surface area contributed by atoms with Crippen LogP contribution in [-0.4, -0.2) is 23.7 Å². The van der Waals surface area contributed by atoms with E-state index in [0.717, 1.165) is 19.3 Å². The summed E-state index contributed by atoms with van der Waals surface area (Å²) in [5.41, 5.74) is 0. The summed E-state index contributed by atoms with van der Waals surface area (Å²) >= 11 is 0. The Kier molecular flexibility index (Phi) is 8.00. The molecule has 114 valence electrons. The topological polar surface area (TPSA) is 63.6 Å². The number of carbonyl (C=O) groups excluding carboxylic acids is 1. The van der Waals surface area contributed by atoms with Crippen molar-refractivity contribution in [1.29, 1.82) is 0 Å². The Bertz CT molecular complexity index is 335. The van der Waals surface area contributed by atoms with E-state index in [1.54, 1.807) is 6.08 Å². The number of hydrogen-bond acceptors (Lipinski definition) is 3. The molecule has 0 heterocycles. The van der Waals surface area contributed by atoms with Crippen LogP contribution < -0.4 is 0 Å². The minimum Gasteiger partial charge on any atom is -0.481 e. The lowest BCUT2D eigenvalue weighted by Crippen LogP contribution is -2.31. The average molecular weight is 282 g/mol. The van der Waals surface area contributed by atoms with Crippen molar-refractivity contribution in [2.75, 3.05) is 6.61 Å². The summed E-state index contributed by atoms with van der Waals surface area (Å²) in [4.78, 5) is 23.0. The largest absolute Gasteiger partial charge is 0.481 e. The molecule has 0 fully saturated rings. The summed E-state index contributed by atoms with van der Waals surface area (Å²) in [5, 5.41) is 9.11. The van der Waals surface area contributed by atoms with Crippen LogP contribution in [0, 0.1) is 11.8 Å². The second kappa shape index (κ2) is 9.56. The van der Waals surface area contributed by atoms with Gasteiger partial charge < -0.3 is 9.84 Å². The van der Waals surface area contributed by atoms with Gasteiger partial charge in [0.05, 0.1) is 18.4 Å². The SMILES string of the molecule is CCCCCCCCOC(=O)C1C=CCCC1C(=O)O. The highest BCUT2D eigenvalue weighted by Crippen LogP contribution is 2.26.